The van der Waals surface area contributed by atoms with Gasteiger partial charge in [0.1, 0.15) is 0 Å². The summed E-state index contributed by atoms with van der Waals surface area (Å²) in [4.78, 5) is 12.1. The van der Waals surface area contributed by atoms with E-state index in [2.05, 4.69) is 5.32 Å². The number of hydrogen-bond acceptors (Lipinski definition) is 3. The standard InChI is InChI=1S/C21H27NO3/c1-3-20(16(2)23)21(24)22-13-18-10-7-11-19(12-18)15-25-14-17-8-5-4-6-9-17/h4-12,16,20,23H,3,13-15H2,1-2H3,(H,22,24)/t16-,20+/m0/s1. The summed E-state index contributed by atoms with van der Waals surface area (Å²) in [7, 11) is 0. The second-order valence-electron chi connectivity index (χ2n) is 6.27. The van der Waals surface area contributed by atoms with E-state index in [9.17, 15) is 9.90 Å². The molecule has 0 aliphatic carbocycles. The van der Waals surface area contributed by atoms with E-state index in [1.54, 1.807) is 6.92 Å². The first-order valence-corrected chi connectivity index (χ1v) is 8.75. The predicted octanol–water partition coefficient (Wildman–Crippen LogP) is 3.43. The Morgan fingerprint density at radius 1 is 1.04 bits per heavy atom. The maximum atomic E-state index is 12.1. The molecule has 25 heavy (non-hydrogen) atoms. The molecule has 0 spiro atoms. The van der Waals surface area contributed by atoms with Gasteiger partial charge in [-0.3, -0.25) is 4.79 Å². The highest BCUT2D eigenvalue weighted by atomic mass is 16.5. The topological polar surface area (TPSA) is 58.6 Å². The fourth-order valence-corrected chi connectivity index (χ4v) is 2.76. The molecule has 1 amide bonds. The molecule has 4 heteroatoms. The summed E-state index contributed by atoms with van der Waals surface area (Å²) in [6.07, 6.45) is -0.0145. The Bertz CT molecular complexity index is 655. The summed E-state index contributed by atoms with van der Waals surface area (Å²) in [5, 5.41) is 12.5. The molecule has 0 radical (unpaired) electrons. The van der Waals surface area contributed by atoms with Crippen LogP contribution in [0.25, 0.3) is 0 Å². The van der Waals surface area contributed by atoms with E-state index in [1.165, 1.54) is 0 Å². The van der Waals surface area contributed by atoms with Gasteiger partial charge in [-0.1, -0.05) is 61.5 Å². The average Bonchev–Trinajstić information content (AvgIpc) is 2.61. The summed E-state index contributed by atoms with van der Waals surface area (Å²) >= 11 is 0. The fraction of sp³-hybridized carbons (Fsp3) is 0.381. The van der Waals surface area contributed by atoms with Gasteiger partial charge in [-0.25, -0.2) is 0 Å². The van der Waals surface area contributed by atoms with E-state index < -0.39 is 6.10 Å². The molecular formula is C21H27NO3. The van der Waals surface area contributed by atoms with Gasteiger partial charge in [0.25, 0.3) is 0 Å². The van der Waals surface area contributed by atoms with Crippen LogP contribution in [-0.4, -0.2) is 17.1 Å². The third-order valence-electron chi connectivity index (χ3n) is 4.20. The number of hydrogen-bond donors (Lipinski definition) is 2. The van der Waals surface area contributed by atoms with Crippen molar-refractivity contribution in [2.45, 2.75) is 46.1 Å². The number of benzene rings is 2. The highest BCUT2D eigenvalue weighted by Crippen LogP contribution is 2.11. The minimum atomic E-state index is -0.636. The van der Waals surface area contributed by atoms with Gasteiger partial charge in [-0.15, -0.1) is 0 Å². The van der Waals surface area contributed by atoms with Crippen LogP contribution in [0.15, 0.2) is 54.6 Å². The summed E-state index contributed by atoms with van der Waals surface area (Å²) in [5.74, 6) is -0.472. The smallest absolute Gasteiger partial charge is 0.225 e. The Balaban J connectivity index is 1.83. The molecule has 4 nitrogen and oxygen atoms in total. The van der Waals surface area contributed by atoms with Crippen LogP contribution in [0.3, 0.4) is 0 Å². The molecule has 0 aliphatic heterocycles. The van der Waals surface area contributed by atoms with E-state index in [0.717, 1.165) is 16.7 Å². The molecule has 2 aromatic rings. The van der Waals surface area contributed by atoms with Crippen molar-refractivity contribution < 1.29 is 14.6 Å². The summed E-state index contributed by atoms with van der Waals surface area (Å²) < 4.78 is 5.75. The van der Waals surface area contributed by atoms with E-state index in [4.69, 9.17) is 4.74 Å². The van der Waals surface area contributed by atoms with E-state index >= 15 is 0 Å². The van der Waals surface area contributed by atoms with Crippen LogP contribution >= 0.6 is 0 Å². The molecular weight excluding hydrogens is 314 g/mol. The number of aliphatic hydroxyl groups excluding tert-OH is 1. The molecule has 0 saturated heterocycles. The van der Waals surface area contributed by atoms with Gasteiger partial charge in [0, 0.05) is 6.54 Å². The van der Waals surface area contributed by atoms with Gasteiger partial charge in [0.15, 0.2) is 0 Å². The predicted molar refractivity (Wildman–Crippen MR) is 98.7 cm³/mol. The van der Waals surface area contributed by atoms with Crippen molar-refractivity contribution in [1.29, 1.82) is 0 Å². The highest BCUT2D eigenvalue weighted by Gasteiger charge is 2.20. The second-order valence-corrected chi connectivity index (χ2v) is 6.27. The summed E-state index contributed by atoms with van der Waals surface area (Å²) in [5.41, 5.74) is 3.24. The zero-order chi connectivity index (χ0) is 18.1. The largest absolute Gasteiger partial charge is 0.393 e. The molecule has 2 atom stereocenters. The first-order chi connectivity index (χ1) is 12.1. The molecule has 2 rings (SSSR count). The summed E-state index contributed by atoms with van der Waals surface area (Å²) in [6, 6.07) is 18.1. The van der Waals surface area contributed by atoms with Gasteiger partial charge < -0.3 is 15.2 Å². The van der Waals surface area contributed by atoms with Crippen molar-refractivity contribution in [2.75, 3.05) is 0 Å². The Morgan fingerprint density at radius 2 is 1.68 bits per heavy atom. The van der Waals surface area contributed by atoms with Crippen LogP contribution < -0.4 is 5.32 Å². The third kappa shape index (κ3) is 6.33. The lowest BCUT2D eigenvalue weighted by molar-refractivity contribution is -0.128. The number of amides is 1. The second kappa shape index (κ2) is 9.97. The Kier molecular flexibility index (Phi) is 7.64. The van der Waals surface area contributed by atoms with E-state index in [0.29, 0.717) is 26.2 Å². The number of ether oxygens (including phenoxy) is 1. The van der Waals surface area contributed by atoms with Gasteiger partial charge >= 0.3 is 0 Å². The molecule has 0 bridgehead atoms. The SMILES string of the molecule is CC[C@@H](C(=O)NCc1cccc(COCc2ccccc2)c1)[C@H](C)O. The number of carbonyl (C=O) groups is 1. The Hall–Kier alpha value is -2.17. The quantitative estimate of drug-likeness (QED) is 0.735. The zero-order valence-electron chi connectivity index (χ0n) is 14.9. The summed E-state index contributed by atoms with van der Waals surface area (Å²) in [6.45, 7) is 5.12. The first kappa shape index (κ1) is 19.2. The van der Waals surface area contributed by atoms with Gasteiger partial charge in [0.05, 0.1) is 25.2 Å². The fourth-order valence-electron chi connectivity index (χ4n) is 2.76. The zero-order valence-corrected chi connectivity index (χ0v) is 14.9. The Morgan fingerprint density at radius 3 is 2.36 bits per heavy atom. The number of aliphatic hydroxyl groups is 1. The van der Waals surface area contributed by atoms with E-state index in [-0.39, 0.29) is 11.8 Å². The molecule has 0 saturated carbocycles. The normalized spacial score (nSPS) is 13.2. The van der Waals surface area contributed by atoms with Crippen molar-refractivity contribution >= 4 is 5.91 Å². The average molecular weight is 341 g/mol. The lowest BCUT2D eigenvalue weighted by atomic mass is 9.99. The molecule has 2 N–H and O–H groups in total. The maximum Gasteiger partial charge on any atom is 0.225 e. The van der Waals surface area contributed by atoms with Crippen molar-refractivity contribution in [1.82, 2.24) is 5.32 Å². The van der Waals surface area contributed by atoms with Crippen LogP contribution in [0.1, 0.15) is 37.0 Å². The molecule has 0 heterocycles. The molecule has 0 aliphatic rings. The molecule has 134 valence electrons. The first-order valence-electron chi connectivity index (χ1n) is 8.75. The monoisotopic (exact) mass is 341 g/mol. The van der Waals surface area contributed by atoms with Crippen molar-refractivity contribution in [3.05, 3.63) is 71.3 Å². The third-order valence-corrected chi connectivity index (χ3v) is 4.20. The van der Waals surface area contributed by atoms with Crippen molar-refractivity contribution in [2.24, 2.45) is 5.92 Å². The maximum absolute atomic E-state index is 12.1. The molecule has 2 aromatic carbocycles. The van der Waals surface area contributed by atoms with Crippen LogP contribution in [0.5, 0.6) is 0 Å². The van der Waals surface area contributed by atoms with Gasteiger partial charge in [-0.05, 0) is 30.0 Å². The Labute approximate surface area is 149 Å². The minimum absolute atomic E-state index is 0.108. The lowest BCUT2D eigenvalue weighted by Gasteiger charge is -2.17. The van der Waals surface area contributed by atoms with E-state index in [1.807, 2.05) is 61.5 Å². The lowest BCUT2D eigenvalue weighted by Crippen LogP contribution is -2.35. The number of nitrogens with one attached hydrogen (secondary N) is 1. The highest BCUT2D eigenvalue weighted by molar-refractivity contribution is 5.79. The van der Waals surface area contributed by atoms with Gasteiger partial charge in [0.2, 0.25) is 5.91 Å². The number of carbonyl (C=O) groups excluding carboxylic acids is 1. The van der Waals surface area contributed by atoms with Crippen molar-refractivity contribution in [3.63, 3.8) is 0 Å². The molecule has 0 fully saturated rings. The van der Waals surface area contributed by atoms with Crippen LogP contribution in [0, 0.1) is 5.92 Å². The van der Waals surface area contributed by atoms with Gasteiger partial charge in [-0.2, -0.15) is 0 Å². The van der Waals surface area contributed by atoms with Crippen LogP contribution in [0.2, 0.25) is 0 Å². The van der Waals surface area contributed by atoms with Crippen LogP contribution in [0.4, 0.5) is 0 Å². The molecule has 0 aromatic heterocycles. The van der Waals surface area contributed by atoms with Crippen LogP contribution in [-0.2, 0) is 29.3 Å². The van der Waals surface area contributed by atoms with Crippen molar-refractivity contribution in [3.8, 4) is 0 Å². The minimum Gasteiger partial charge on any atom is -0.393 e. The number of rotatable bonds is 9. The molecule has 0 unspecified atom stereocenters.